The summed E-state index contributed by atoms with van der Waals surface area (Å²) in [6, 6.07) is 43.5. The summed E-state index contributed by atoms with van der Waals surface area (Å²) in [7, 11) is 0. The van der Waals surface area contributed by atoms with E-state index in [0.717, 1.165) is 12.4 Å². The van der Waals surface area contributed by atoms with Crippen LogP contribution in [0.2, 0.25) is 0 Å². The van der Waals surface area contributed by atoms with Gasteiger partial charge in [0.1, 0.15) is 5.84 Å². The molecule has 7 aromatic carbocycles. The second kappa shape index (κ2) is 9.55. The van der Waals surface area contributed by atoms with Gasteiger partial charge in [-0.05, 0) is 100 Å². The van der Waals surface area contributed by atoms with E-state index in [1.807, 2.05) is 6.20 Å². The van der Waals surface area contributed by atoms with Crippen molar-refractivity contribution in [3.8, 4) is 33.4 Å². The molecule has 0 bridgehead atoms. The molecule has 0 unspecified atom stereocenters. The number of benzene rings is 7. The van der Waals surface area contributed by atoms with Crippen molar-refractivity contribution in [2.24, 2.45) is 4.99 Å². The highest BCUT2D eigenvalue weighted by molar-refractivity contribution is 6.28. The van der Waals surface area contributed by atoms with Crippen molar-refractivity contribution in [2.75, 3.05) is 6.54 Å². The predicted octanol–water partition coefficient (Wildman–Crippen LogP) is 11.3. The van der Waals surface area contributed by atoms with Gasteiger partial charge in [0.15, 0.2) is 0 Å². The van der Waals surface area contributed by atoms with Gasteiger partial charge >= 0.3 is 0 Å². The highest BCUT2D eigenvalue weighted by atomic mass is 15.0. The van der Waals surface area contributed by atoms with Crippen molar-refractivity contribution in [1.29, 1.82) is 0 Å². The lowest BCUT2D eigenvalue weighted by Crippen LogP contribution is -2.27. The first-order valence-corrected chi connectivity index (χ1v) is 17.1. The molecule has 0 saturated heterocycles. The number of fused-ring (bicyclic) bond motifs is 11. The Balaban J connectivity index is 1.43. The number of hydrogen-bond acceptors (Lipinski definition) is 2. The summed E-state index contributed by atoms with van der Waals surface area (Å²) in [6.45, 7) is 10.4. The Morgan fingerprint density at radius 1 is 0.479 bits per heavy atom. The molecule has 2 aliphatic carbocycles. The fraction of sp³-hybridized carbons (Fsp3) is 0.152. The van der Waals surface area contributed by atoms with Crippen molar-refractivity contribution < 1.29 is 0 Å². The van der Waals surface area contributed by atoms with Crippen LogP contribution in [0.15, 0.2) is 133 Å². The molecule has 2 heteroatoms. The second-order valence-electron chi connectivity index (χ2n) is 14.7. The van der Waals surface area contributed by atoms with Crippen molar-refractivity contribution >= 4 is 38.2 Å². The Morgan fingerprint density at radius 3 is 1.58 bits per heavy atom. The molecule has 0 saturated carbocycles. The van der Waals surface area contributed by atoms with Crippen molar-refractivity contribution in [2.45, 2.75) is 38.5 Å². The molecule has 48 heavy (non-hydrogen) atoms. The largest absolute Gasteiger partial charge is 0.366 e. The molecule has 0 aromatic heterocycles. The van der Waals surface area contributed by atoms with E-state index in [9.17, 15) is 0 Å². The monoisotopic (exact) mass is 616 g/mol. The summed E-state index contributed by atoms with van der Waals surface area (Å²) in [6.07, 6.45) is 3.99. The topological polar surface area (TPSA) is 24.4 Å². The van der Waals surface area contributed by atoms with Gasteiger partial charge in [-0.25, -0.2) is 4.99 Å². The fourth-order valence-electron chi connectivity index (χ4n) is 9.29. The minimum absolute atomic E-state index is 0.0835. The number of amidine groups is 1. The molecule has 7 aromatic rings. The Labute approximate surface area is 281 Å². The van der Waals surface area contributed by atoms with Crippen LogP contribution in [-0.4, -0.2) is 12.4 Å². The average Bonchev–Trinajstić information content (AvgIpc) is 3.50. The first-order chi connectivity index (χ1) is 23.4. The van der Waals surface area contributed by atoms with Crippen molar-refractivity contribution in [3.63, 3.8) is 0 Å². The molecule has 230 valence electrons. The molecule has 0 atom stereocenters. The first kappa shape index (κ1) is 27.6. The molecule has 1 aliphatic heterocycles. The fourth-order valence-corrected chi connectivity index (χ4v) is 9.29. The van der Waals surface area contributed by atoms with Crippen LogP contribution in [0.3, 0.4) is 0 Å². The quantitative estimate of drug-likeness (QED) is 0.192. The maximum absolute atomic E-state index is 4.84. The molecule has 0 fully saturated rings. The third kappa shape index (κ3) is 3.45. The summed E-state index contributed by atoms with van der Waals surface area (Å²) in [5.41, 5.74) is 14.7. The van der Waals surface area contributed by atoms with Gasteiger partial charge in [-0.2, -0.15) is 0 Å². The first-order valence-electron chi connectivity index (χ1n) is 17.1. The highest BCUT2D eigenvalue weighted by Crippen LogP contribution is 2.59. The highest BCUT2D eigenvalue weighted by Gasteiger charge is 2.41. The van der Waals surface area contributed by atoms with Crippen LogP contribution in [0.4, 0.5) is 0 Å². The molecule has 10 rings (SSSR count). The van der Waals surface area contributed by atoms with Crippen LogP contribution in [-0.2, 0) is 10.8 Å². The van der Waals surface area contributed by atoms with E-state index in [-0.39, 0.29) is 10.8 Å². The van der Waals surface area contributed by atoms with E-state index in [1.54, 1.807) is 0 Å². The maximum Gasteiger partial charge on any atom is 0.134 e. The van der Waals surface area contributed by atoms with Crippen LogP contribution in [0.25, 0.3) is 65.7 Å². The third-order valence-corrected chi connectivity index (χ3v) is 11.5. The van der Waals surface area contributed by atoms with Gasteiger partial charge in [0.2, 0.25) is 0 Å². The number of aliphatic imine (C=N–C) groups is 1. The summed E-state index contributed by atoms with van der Waals surface area (Å²) in [5, 5.41) is 11.2. The van der Waals surface area contributed by atoms with Gasteiger partial charge in [-0.3, -0.25) is 0 Å². The molecule has 1 heterocycles. The minimum Gasteiger partial charge on any atom is -0.366 e. The van der Waals surface area contributed by atoms with E-state index in [0.29, 0.717) is 0 Å². The van der Waals surface area contributed by atoms with Gasteiger partial charge in [0.05, 0.1) is 0 Å². The van der Waals surface area contributed by atoms with E-state index in [1.165, 1.54) is 93.5 Å². The average molecular weight is 617 g/mol. The normalized spacial score (nSPS) is 16.4. The van der Waals surface area contributed by atoms with Gasteiger partial charge in [-0.15, -0.1) is 0 Å². The Hall–Kier alpha value is -5.47. The minimum atomic E-state index is -0.149. The standard InChI is InChI=1S/C46H36N2/c1-45(2)35-20-11-9-18-32(35)41-37(45)23-22-31-34(26-38-42(43(31)41)33-19-10-12-21-36(33)46(38,3)4)39-27-14-5-7-16-29(27)40(44-47-24-13-25-48-44)30-17-8-6-15-28(30)39/h5-24,26H,25H2,1-4H3,(H,47,48). The van der Waals surface area contributed by atoms with E-state index in [4.69, 9.17) is 4.99 Å². The molecule has 1 N–H and O–H groups in total. The lowest BCUT2D eigenvalue weighted by molar-refractivity contribution is 0.660. The lowest BCUT2D eigenvalue weighted by Gasteiger charge is -2.26. The van der Waals surface area contributed by atoms with Crippen LogP contribution in [0, 0.1) is 0 Å². The molecule has 2 nitrogen and oxygen atoms in total. The van der Waals surface area contributed by atoms with Gasteiger partial charge in [0.25, 0.3) is 0 Å². The Kier molecular flexibility index (Phi) is 5.49. The van der Waals surface area contributed by atoms with Crippen LogP contribution >= 0.6 is 0 Å². The molecular weight excluding hydrogens is 581 g/mol. The molecule has 0 radical (unpaired) electrons. The van der Waals surface area contributed by atoms with Crippen molar-refractivity contribution in [1.82, 2.24) is 5.32 Å². The number of hydrogen-bond donors (Lipinski definition) is 1. The van der Waals surface area contributed by atoms with Crippen molar-refractivity contribution in [3.05, 3.63) is 155 Å². The third-order valence-electron chi connectivity index (χ3n) is 11.5. The summed E-state index contributed by atoms with van der Waals surface area (Å²) in [4.78, 5) is 4.84. The SMILES string of the molecule is CC1(C)c2ccccc2-c2c1ccc1c(-c3c4ccccc4c(C4=NC=CCN4)c4ccccc34)cc3c(c21)-c1ccccc1C3(C)C. The van der Waals surface area contributed by atoms with E-state index in [2.05, 4.69) is 154 Å². The smallest absolute Gasteiger partial charge is 0.134 e. The number of nitrogens with zero attached hydrogens (tertiary/aromatic N) is 1. The zero-order valence-electron chi connectivity index (χ0n) is 27.8. The number of rotatable bonds is 2. The molecule has 3 aliphatic rings. The van der Waals surface area contributed by atoms with Gasteiger partial charge in [0, 0.05) is 29.1 Å². The summed E-state index contributed by atoms with van der Waals surface area (Å²) in [5.74, 6) is 0.934. The van der Waals surface area contributed by atoms with Crippen LogP contribution < -0.4 is 5.32 Å². The zero-order valence-corrected chi connectivity index (χ0v) is 27.8. The lowest BCUT2D eigenvalue weighted by atomic mass is 9.77. The van der Waals surface area contributed by atoms with E-state index >= 15 is 0 Å². The Morgan fingerprint density at radius 2 is 1.00 bits per heavy atom. The van der Waals surface area contributed by atoms with Gasteiger partial charge in [-0.1, -0.05) is 137 Å². The Bertz CT molecular complexity index is 2540. The zero-order chi connectivity index (χ0) is 32.4. The molecular formula is C46H36N2. The summed E-state index contributed by atoms with van der Waals surface area (Å²) < 4.78 is 0. The molecule has 0 amide bonds. The summed E-state index contributed by atoms with van der Waals surface area (Å²) >= 11 is 0. The van der Waals surface area contributed by atoms with E-state index < -0.39 is 0 Å². The van der Waals surface area contributed by atoms with Crippen LogP contribution in [0.1, 0.15) is 55.5 Å². The second-order valence-corrected chi connectivity index (χ2v) is 14.7. The molecule has 0 spiro atoms. The van der Waals surface area contributed by atoms with Crippen LogP contribution in [0.5, 0.6) is 0 Å². The predicted molar refractivity (Wildman–Crippen MR) is 203 cm³/mol. The number of nitrogens with one attached hydrogen (secondary N) is 1. The maximum atomic E-state index is 4.84. The van der Waals surface area contributed by atoms with Gasteiger partial charge < -0.3 is 5.32 Å².